The van der Waals surface area contributed by atoms with Gasteiger partial charge in [-0.25, -0.2) is 0 Å². The van der Waals surface area contributed by atoms with E-state index in [4.69, 9.17) is 43.6 Å². The first kappa shape index (κ1) is 46.4. The molecule has 0 aromatic heterocycles. The minimum atomic E-state index is -1.72. The second-order valence-corrected chi connectivity index (χ2v) is 17.6. The fourth-order valence-electron chi connectivity index (χ4n) is 9.50. The fourth-order valence-corrected chi connectivity index (χ4v) is 9.50. The summed E-state index contributed by atoms with van der Waals surface area (Å²) in [5.41, 5.74) is 1.96. The summed E-state index contributed by atoms with van der Waals surface area (Å²) < 4.78 is 50.6. The predicted molar refractivity (Wildman–Crippen MR) is 202 cm³/mol. The standard InChI is InChI=1S/C40H72N2O13/c1-14-27-40(9,47)35-29(26(52-35)15-16-41)30(43)20(2)18-39(8,49-13)34(55-37-31(44)25(42(10)11)17-21(3)50-37)22(4)32(23(5)36(46)53-27)54-28-19-38(7,48-12)33(45)24(6)51-28/h20-29,31-35,37,44-45,47H,14-19,41H2,1-13H3/t20-,21-,22+,23-,24+,25+,26?,27-,28+,29+,31-,32+,33+,34-,35-,37+,38-,39-,40-/m1/s1. The molecule has 4 aliphatic heterocycles. The van der Waals surface area contributed by atoms with Gasteiger partial charge < -0.3 is 63.8 Å². The first-order valence-electron chi connectivity index (χ1n) is 20.2. The number of nitrogens with two attached hydrogens (primary N) is 1. The van der Waals surface area contributed by atoms with Crippen molar-refractivity contribution in [3.63, 3.8) is 0 Å². The number of aliphatic hydroxyl groups excluding tert-OH is 2. The summed E-state index contributed by atoms with van der Waals surface area (Å²) in [6.07, 6.45) is -7.82. The normalized spacial score (nSPS) is 49.1. The number of Topliss-reactive ketones (excluding diaryl/α,β-unsaturated/α-hetero) is 1. The van der Waals surface area contributed by atoms with Gasteiger partial charge in [-0.2, -0.15) is 0 Å². The average molecular weight is 789 g/mol. The predicted octanol–water partition coefficient (Wildman–Crippen LogP) is 2.18. The van der Waals surface area contributed by atoms with Gasteiger partial charge in [0.1, 0.15) is 35.8 Å². The maximum atomic E-state index is 14.5. The molecular weight excluding hydrogens is 716 g/mol. The Labute approximate surface area is 328 Å². The van der Waals surface area contributed by atoms with E-state index < -0.39 is 108 Å². The number of methoxy groups -OCH3 is 2. The monoisotopic (exact) mass is 789 g/mol. The van der Waals surface area contributed by atoms with E-state index in [-0.39, 0.29) is 43.7 Å². The molecule has 0 radical (unpaired) electrons. The smallest absolute Gasteiger partial charge is 0.311 e. The second kappa shape index (κ2) is 18.3. The van der Waals surface area contributed by atoms with E-state index >= 15 is 0 Å². The van der Waals surface area contributed by atoms with Crippen LogP contribution in [0.3, 0.4) is 0 Å². The van der Waals surface area contributed by atoms with E-state index in [0.29, 0.717) is 12.8 Å². The van der Waals surface area contributed by atoms with Crippen molar-refractivity contribution in [1.29, 1.82) is 0 Å². The van der Waals surface area contributed by atoms with Gasteiger partial charge in [-0.3, -0.25) is 9.59 Å². The minimum Gasteiger partial charge on any atom is -0.459 e. The van der Waals surface area contributed by atoms with Gasteiger partial charge in [0.2, 0.25) is 0 Å². The van der Waals surface area contributed by atoms with Gasteiger partial charge in [-0.05, 0) is 87.9 Å². The summed E-state index contributed by atoms with van der Waals surface area (Å²) in [7, 11) is 6.84. The number of ether oxygens (including phenoxy) is 8. The molecule has 4 rings (SSSR count). The number of likely N-dealkylation sites (N-methyl/N-ethyl adjacent to an activating group) is 1. The lowest BCUT2D eigenvalue weighted by molar-refractivity contribution is -0.320. The van der Waals surface area contributed by atoms with Crippen LogP contribution in [0.15, 0.2) is 0 Å². The quantitative estimate of drug-likeness (QED) is 0.235. The number of fused-ring (bicyclic) bond motifs is 1. The molecule has 4 fully saturated rings. The van der Waals surface area contributed by atoms with Gasteiger partial charge in [0.05, 0.1) is 53.6 Å². The van der Waals surface area contributed by atoms with Crippen molar-refractivity contribution in [2.24, 2.45) is 29.4 Å². The zero-order valence-corrected chi connectivity index (χ0v) is 35.4. The number of nitrogens with zero attached hydrogens (tertiary/aromatic N) is 1. The number of rotatable bonds is 10. The van der Waals surface area contributed by atoms with Gasteiger partial charge in [0.25, 0.3) is 0 Å². The van der Waals surface area contributed by atoms with Crippen molar-refractivity contribution in [2.45, 2.75) is 185 Å². The Kier molecular flexibility index (Phi) is 15.4. The topological polar surface area (TPSA) is 198 Å². The fraction of sp³-hybridized carbons (Fsp3) is 0.950. The number of carbonyl (C=O) groups excluding carboxylic acids is 2. The highest BCUT2D eigenvalue weighted by atomic mass is 16.7. The Balaban J connectivity index is 1.86. The Morgan fingerprint density at radius 2 is 1.56 bits per heavy atom. The SMILES string of the molecule is CC[C@H]1OC(=O)[C@H](C)[C@@H](O[C@H]2C[C@@](C)(OC)[C@@H](O)[C@H](C)O2)[C@H](C)[C@@H](O[C@@H]2O[C@H](C)C[C@H](N(C)C)[C@H]2O)[C@](C)(OC)C[C@@H](C)C(=O)[C@@H]2C(CCN)O[C@H]2[C@]1(C)O. The van der Waals surface area contributed by atoms with Crippen LogP contribution in [0.4, 0.5) is 0 Å². The zero-order valence-electron chi connectivity index (χ0n) is 35.4. The van der Waals surface area contributed by atoms with Crippen LogP contribution < -0.4 is 5.73 Å². The van der Waals surface area contributed by atoms with Gasteiger partial charge in [-0.15, -0.1) is 0 Å². The first-order valence-corrected chi connectivity index (χ1v) is 20.2. The van der Waals surface area contributed by atoms with Crippen LogP contribution in [0.5, 0.6) is 0 Å². The minimum absolute atomic E-state index is 0.138. The molecule has 15 heteroatoms. The van der Waals surface area contributed by atoms with Crippen LogP contribution in [0.2, 0.25) is 0 Å². The Bertz CT molecular complexity index is 1290. The molecule has 0 aromatic carbocycles. The Hall–Kier alpha value is -1.34. The molecular formula is C40H72N2O13. The first-order chi connectivity index (χ1) is 25.6. The lowest BCUT2D eigenvalue weighted by Crippen LogP contribution is -2.68. The van der Waals surface area contributed by atoms with E-state index in [1.54, 1.807) is 41.7 Å². The van der Waals surface area contributed by atoms with Gasteiger partial charge in [0, 0.05) is 38.5 Å². The number of hydrogen-bond acceptors (Lipinski definition) is 15. The van der Waals surface area contributed by atoms with Crippen LogP contribution >= 0.6 is 0 Å². The number of aliphatic hydroxyl groups is 3. The zero-order chi connectivity index (χ0) is 41.4. The van der Waals surface area contributed by atoms with Crippen LogP contribution in [-0.2, 0) is 47.5 Å². The highest BCUT2D eigenvalue weighted by molar-refractivity contribution is 5.85. The molecule has 1 unspecified atom stereocenters. The van der Waals surface area contributed by atoms with Crippen molar-refractivity contribution in [3.8, 4) is 0 Å². The summed E-state index contributed by atoms with van der Waals surface area (Å²) in [5.74, 6) is -3.79. The molecule has 15 nitrogen and oxygen atoms in total. The second-order valence-electron chi connectivity index (χ2n) is 17.6. The molecule has 0 amide bonds. The molecule has 4 heterocycles. The summed E-state index contributed by atoms with van der Waals surface area (Å²) in [6, 6.07) is -0.276. The van der Waals surface area contributed by atoms with Crippen LogP contribution in [0, 0.1) is 23.7 Å². The maximum Gasteiger partial charge on any atom is 0.311 e. The van der Waals surface area contributed by atoms with Crippen molar-refractivity contribution in [1.82, 2.24) is 4.90 Å². The number of carbonyl (C=O) groups is 2. The van der Waals surface area contributed by atoms with Crippen LogP contribution in [-0.4, -0.2) is 157 Å². The van der Waals surface area contributed by atoms with E-state index in [1.807, 2.05) is 46.7 Å². The molecule has 0 bridgehead atoms. The lowest BCUT2D eigenvalue weighted by Gasteiger charge is -2.53. The molecule has 0 aromatic rings. The number of cyclic esters (lactones) is 1. The molecule has 4 aliphatic rings. The molecule has 19 atom stereocenters. The van der Waals surface area contributed by atoms with E-state index in [1.165, 1.54) is 7.11 Å². The summed E-state index contributed by atoms with van der Waals surface area (Å²) in [5, 5.41) is 34.7. The Morgan fingerprint density at radius 3 is 2.13 bits per heavy atom. The average Bonchev–Trinajstić information content (AvgIpc) is 3.11. The molecule has 0 saturated carbocycles. The molecule has 0 aliphatic carbocycles. The van der Waals surface area contributed by atoms with E-state index in [9.17, 15) is 24.9 Å². The Morgan fingerprint density at radius 1 is 0.927 bits per heavy atom. The van der Waals surface area contributed by atoms with Crippen LogP contribution in [0.1, 0.15) is 94.4 Å². The molecule has 55 heavy (non-hydrogen) atoms. The maximum absolute atomic E-state index is 14.5. The number of esters is 1. The highest BCUT2D eigenvalue weighted by Crippen LogP contribution is 2.46. The van der Waals surface area contributed by atoms with Crippen LogP contribution in [0.25, 0.3) is 0 Å². The van der Waals surface area contributed by atoms with Crippen molar-refractivity contribution in [2.75, 3.05) is 34.9 Å². The van der Waals surface area contributed by atoms with Crippen molar-refractivity contribution in [3.05, 3.63) is 0 Å². The van der Waals surface area contributed by atoms with Gasteiger partial charge >= 0.3 is 5.97 Å². The van der Waals surface area contributed by atoms with Crippen molar-refractivity contribution >= 4 is 11.8 Å². The van der Waals surface area contributed by atoms with E-state index in [2.05, 4.69) is 0 Å². The molecule has 320 valence electrons. The third kappa shape index (κ3) is 9.44. The number of ketones is 1. The number of hydrogen-bond donors (Lipinski definition) is 4. The summed E-state index contributed by atoms with van der Waals surface area (Å²) >= 11 is 0. The van der Waals surface area contributed by atoms with Gasteiger partial charge in [0.15, 0.2) is 12.6 Å². The third-order valence-corrected chi connectivity index (χ3v) is 13.2. The molecule has 0 spiro atoms. The van der Waals surface area contributed by atoms with Crippen molar-refractivity contribution < 1.29 is 62.8 Å². The highest BCUT2D eigenvalue weighted by Gasteiger charge is 2.60. The van der Waals surface area contributed by atoms with E-state index in [0.717, 1.165) is 0 Å². The lowest BCUT2D eigenvalue weighted by atomic mass is 9.69. The third-order valence-electron chi connectivity index (χ3n) is 13.2. The molecule has 5 N–H and O–H groups in total. The molecule has 4 saturated heterocycles. The summed E-state index contributed by atoms with van der Waals surface area (Å²) in [4.78, 5) is 30.9. The van der Waals surface area contributed by atoms with Gasteiger partial charge in [-0.1, -0.05) is 20.8 Å². The largest absolute Gasteiger partial charge is 0.459 e. The summed E-state index contributed by atoms with van der Waals surface area (Å²) in [6.45, 7) is 16.3.